The van der Waals surface area contributed by atoms with Gasteiger partial charge in [-0.3, -0.25) is 0 Å². The van der Waals surface area contributed by atoms with Crippen molar-refractivity contribution in [2.24, 2.45) is 0 Å². The molecule has 1 aliphatic heterocycles. The van der Waals surface area contributed by atoms with E-state index in [1.807, 2.05) is 0 Å². The molecule has 0 saturated carbocycles. The SMILES string of the molecule is CO.CO.[CH2-]CCOCC1CO1.[CH3-].[Ti+2]. The smallest absolute Gasteiger partial charge is 0.400 e. The van der Waals surface area contributed by atoms with E-state index in [-0.39, 0.29) is 29.1 Å². The third kappa shape index (κ3) is 22.9. The molecule has 14 heavy (non-hydrogen) atoms. The zero-order valence-electron chi connectivity index (χ0n) is 9.32. The molecule has 86 valence electrons. The Labute approximate surface area is 102 Å². The number of hydrogen-bond acceptors (Lipinski definition) is 4. The van der Waals surface area contributed by atoms with Crippen LogP contribution < -0.4 is 0 Å². The summed E-state index contributed by atoms with van der Waals surface area (Å²) in [5.41, 5.74) is 0. The molecule has 0 bridgehead atoms. The molecule has 2 N–H and O–H groups in total. The quantitative estimate of drug-likeness (QED) is 0.322. The first-order valence-electron chi connectivity index (χ1n) is 3.81. The Kier molecular flexibility index (Phi) is 40.1. The molecule has 1 rings (SSSR count). The fourth-order valence-corrected chi connectivity index (χ4v) is 0.481. The normalized spacial score (nSPS) is 15.6. The number of ether oxygens (including phenoxy) is 2. The van der Waals surface area contributed by atoms with Crippen molar-refractivity contribution in [3.63, 3.8) is 0 Å². The zero-order chi connectivity index (χ0) is 9.82. The second-order valence-corrected chi connectivity index (χ2v) is 1.88. The van der Waals surface area contributed by atoms with Gasteiger partial charge in [0, 0.05) is 20.8 Å². The van der Waals surface area contributed by atoms with E-state index in [0.717, 1.165) is 40.5 Å². The minimum atomic E-state index is 0. The van der Waals surface area contributed by atoms with Gasteiger partial charge in [0.25, 0.3) is 0 Å². The van der Waals surface area contributed by atoms with E-state index in [4.69, 9.17) is 19.7 Å². The van der Waals surface area contributed by atoms with Gasteiger partial charge in [-0.1, -0.05) is 0 Å². The standard InChI is InChI=1S/C6H11O2.2CH4O.CH3.Ti/c1-2-3-7-4-6-5-8-6;2*1-2;;/h6H,1-5H2;2*2H,1H3;1H3;/q-1;;;-1;+2. The molecule has 0 radical (unpaired) electrons. The van der Waals surface area contributed by atoms with Crippen molar-refractivity contribution in [2.45, 2.75) is 12.5 Å². The van der Waals surface area contributed by atoms with E-state index >= 15 is 0 Å². The number of aliphatic hydroxyl groups is 2. The molecule has 1 aliphatic rings. The van der Waals surface area contributed by atoms with Crippen LogP contribution in [-0.2, 0) is 31.2 Å². The van der Waals surface area contributed by atoms with Crippen LogP contribution in [0.1, 0.15) is 6.42 Å². The minimum absolute atomic E-state index is 0. The second kappa shape index (κ2) is 23.4. The van der Waals surface area contributed by atoms with Crippen LogP contribution in [0.4, 0.5) is 0 Å². The van der Waals surface area contributed by atoms with Crippen molar-refractivity contribution in [1.82, 2.24) is 0 Å². The van der Waals surface area contributed by atoms with Gasteiger partial charge in [-0.15, -0.1) is 0 Å². The maximum absolute atomic E-state index is 7.00. The molecular formula is C9H22O4Ti. The first kappa shape index (κ1) is 24.0. The topological polar surface area (TPSA) is 62.2 Å². The summed E-state index contributed by atoms with van der Waals surface area (Å²) >= 11 is 0. The third-order valence-corrected chi connectivity index (χ3v) is 0.995. The fourth-order valence-electron chi connectivity index (χ4n) is 0.481. The van der Waals surface area contributed by atoms with Crippen molar-refractivity contribution in [3.05, 3.63) is 14.4 Å². The first-order valence-corrected chi connectivity index (χ1v) is 3.81. The molecule has 1 heterocycles. The molecule has 0 aromatic carbocycles. The van der Waals surface area contributed by atoms with Gasteiger partial charge in [0.15, 0.2) is 0 Å². The first-order chi connectivity index (χ1) is 5.93. The summed E-state index contributed by atoms with van der Waals surface area (Å²) in [6, 6.07) is 0. The molecule has 0 aromatic rings. The fraction of sp³-hybridized carbons (Fsp3) is 0.778. The number of hydrogen-bond donors (Lipinski definition) is 2. The van der Waals surface area contributed by atoms with Crippen molar-refractivity contribution in [2.75, 3.05) is 34.0 Å². The van der Waals surface area contributed by atoms with Crippen molar-refractivity contribution in [1.29, 1.82) is 0 Å². The van der Waals surface area contributed by atoms with Crippen LogP contribution in [0.5, 0.6) is 0 Å². The Hall–Kier alpha value is 0.554. The van der Waals surface area contributed by atoms with Crippen LogP contribution >= 0.6 is 0 Å². The van der Waals surface area contributed by atoms with Crippen LogP contribution in [0, 0.1) is 14.4 Å². The van der Waals surface area contributed by atoms with Crippen LogP contribution in [0.3, 0.4) is 0 Å². The van der Waals surface area contributed by atoms with Crippen molar-refractivity contribution < 1.29 is 41.4 Å². The average Bonchev–Trinajstić information content (AvgIpc) is 2.96. The van der Waals surface area contributed by atoms with Gasteiger partial charge in [0.05, 0.1) is 13.2 Å². The maximum Gasteiger partial charge on any atom is 2.00 e. The van der Waals surface area contributed by atoms with Crippen LogP contribution in [-0.4, -0.2) is 50.4 Å². The Morgan fingerprint density at radius 2 is 1.79 bits per heavy atom. The molecule has 0 aliphatic carbocycles. The summed E-state index contributed by atoms with van der Waals surface area (Å²) in [6.07, 6.45) is 1.26. The molecule has 1 saturated heterocycles. The van der Waals surface area contributed by atoms with E-state index in [1.165, 1.54) is 0 Å². The third-order valence-electron chi connectivity index (χ3n) is 0.995. The summed E-state index contributed by atoms with van der Waals surface area (Å²) in [5.74, 6) is 0. The monoisotopic (exact) mass is 242 g/mol. The molecule has 0 spiro atoms. The van der Waals surface area contributed by atoms with Gasteiger partial charge in [0.2, 0.25) is 0 Å². The maximum atomic E-state index is 7.00. The Bertz CT molecular complexity index is 69.8. The summed E-state index contributed by atoms with van der Waals surface area (Å²) < 4.78 is 10.0. The molecule has 5 heteroatoms. The van der Waals surface area contributed by atoms with Gasteiger partial charge >= 0.3 is 21.7 Å². The molecule has 0 aromatic heterocycles. The number of rotatable bonds is 4. The van der Waals surface area contributed by atoms with Crippen molar-refractivity contribution >= 4 is 0 Å². The van der Waals surface area contributed by atoms with E-state index < -0.39 is 0 Å². The molecular weight excluding hydrogens is 220 g/mol. The van der Waals surface area contributed by atoms with E-state index in [2.05, 4.69) is 6.92 Å². The van der Waals surface area contributed by atoms with Gasteiger partial charge in [-0.25, -0.2) is 0 Å². The number of epoxide rings is 1. The summed E-state index contributed by atoms with van der Waals surface area (Å²) in [6.45, 7) is 6.05. The molecule has 4 nitrogen and oxygen atoms in total. The Balaban J connectivity index is -0.0000000750. The van der Waals surface area contributed by atoms with Crippen molar-refractivity contribution in [3.8, 4) is 0 Å². The van der Waals surface area contributed by atoms with E-state index in [0.29, 0.717) is 6.10 Å². The molecule has 0 amide bonds. The Morgan fingerprint density at radius 1 is 1.36 bits per heavy atom. The van der Waals surface area contributed by atoms with Gasteiger partial charge in [-0.05, 0) is 0 Å². The second-order valence-electron chi connectivity index (χ2n) is 1.88. The molecule has 1 fully saturated rings. The van der Waals surface area contributed by atoms with E-state index in [9.17, 15) is 0 Å². The average molecular weight is 242 g/mol. The summed E-state index contributed by atoms with van der Waals surface area (Å²) in [4.78, 5) is 0. The summed E-state index contributed by atoms with van der Waals surface area (Å²) in [7, 11) is 2.00. The number of aliphatic hydroxyl groups excluding tert-OH is 2. The summed E-state index contributed by atoms with van der Waals surface area (Å²) in [5, 5.41) is 14.0. The van der Waals surface area contributed by atoms with Crippen LogP contribution in [0.2, 0.25) is 0 Å². The van der Waals surface area contributed by atoms with Gasteiger partial charge in [0.1, 0.15) is 6.10 Å². The van der Waals surface area contributed by atoms with Gasteiger partial charge in [-0.2, -0.15) is 6.42 Å². The Morgan fingerprint density at radius 3 is 2.07 bits per heavy atom. The van der Waals surface area contributed by atoms with Gasteiger partial charge < -0.3 is 34.0 Å². The molecule has 1 atom stereocenters. The van der Waals surface area contributed by atoms with E-state index in [1.54, 1.807) is 0 Å². The van der Waals surface area contributed by atoms with Crippen LogP contribution in [0.15, 0.2) is 0 Å². The predicted molar refractivity (Wildman–Crippen MR) is 53.2 cm³/mol. The largest absolute Gasteiger partial charge is 2.00 e. The van der Waals surface area contributed by atoms with Crippen LogP contribution in [0.25, 0.3) is 0 Å². The minimum Gasteiger partial charge on any atom is -0.400 e. The zero-order valence-corrected chi connectivity index (χ0v) is 10.9. The predicted octanol–water partition coefficient (Wildman–Crippen LogP) is 0.291. The molecule has 1 unspecified atom stereocenters.